The van der Waals surface area contributed by atoms with Crippen LogP contribution in [0.25, 0.3) is 0 Å². The Morgan fingerprint density at radius 3 is 2.59 bits per heavy atom. The number of likely N-dealkylation sites (tertiary alicyclic amines) is 1. The minimum absolute atomic E-state index is 0.0947. The standard InChI is InChI=1S/C14H16ClNO/c1-10-5-7-16(8-6-10)14(17)12-3-4-13(15)11(2)9-12/h3-4,9H,1,5-8H2,2H3. The maximum atomic E-state index is 12.2. The zero-order valence-corrected chi connectivity index (χ0v) is 10.8. The summed E-state index contributed by atoms with van der Waals surface area (Å²) in [6, 6.07) is 5.43. The first-order chi connectivity index (χ1) is 8.08. The maximum Gasteiger partial charge on any atom is 0.253 e. The predicted octanol–water partition coefficient (Wildman–Crippen LogP) is 3.44. The Morgan fingerprint density at radius 2 is 2.00 bits per heavy atom. The van der Waals surface area contributed by atoms with Crippen molar-refractivity contribution >= 4 is 17.5 Å². The topological polar surface area (TPSA) is 20.3 Å². The van der Waals surface area contributed by atoms with Gasteiger partial charge < -0.3 is 4.90 Å². The Bertz CT molecular complexity index is 457. The summed E-state index contributed by atoms with van der Waals surface area (Å²) in [5.74, 6) is 0.0947. The van der Waals surface area contributed by atoms with E-state index in [1.54, 1.807) is 12.1 Å². The number of halogens is 1. The average molecular weight is 250 g/mol. The van der Waals surface area contributed by atoms with Gasteiger partial charge in [0.2, 0.25) is 0 Å². The Balaban J connectivity index is 2.14. The summed E-state index contributed by atoms with van der Waals surface area (Å²) < 4.78 is 0. The predicted molar refractivity (Wildman–Crippen MR) is 70.5 cm³/mol. The molecule has 0 aliphatic carbocycles. The van der Waals surface area contributed by atoms with Crippen LogP contribution in [-0.4, -0.2) is 23.9 Å². The molecule has 2 rings (SSSR count). The van der Waals surface area contributed by atoms with Crippen LogP contribution >= 0.6 is 11.6 Å². The van der Waals surface area contributed by atoms with Gasteiger partial charge >= 0.3 is 0 Å². The van der Waals surface area contributed by atoms with Gasteiger partial charge in [-0.1, -0.05) is 23.8 Å². The Morgan fingerprint density at radius 1 is 1.35 bits per heavy atom. The summed E-state index contributed by atoms with van der Waals surface area (Å²) in [4.78, 5) is 14.1. The van der Waals surface area contributed by atoms with E-state index in [9.17, 15) is 4.79 Å². The van der Waals surface area contributed by atoms with Gasteiger partial charge in [-0.05, 0) is 43.5 Å². The first kappa shape index (κ1) is 12.2. The highest BCUT2D eigenvalue weighted by Gasteiger charge is 2.19. The molecule has 1 aromatic carbocycles. The normalized spacial score (nSPS) is 16.1. The van der Waals surface area contributed by atoms with Gasteiger partial charge in [-0.15, -0.1) is 0 Å². The van der Waals surface area contributed by atoms with Gasteiger partial charge in [0.1, 0.15) is 0 Å². The molecule has 1 saturated heterocycles. The first-order valence-corrected chi connectivity index (χ1v) is 6.18. The van der Waals surface area contributed by atoms with Crippen molar-refractivity contribution in [2.45, 2.75) is 19.8 Å². The molecule has 1 aliphatic rings. The van der Waals surface area contributed by atoms with E-state index in [1.165, 1.54) is 5.57 Å². The molecule has 1 aromatic rings. The summed E-state index contributed by atoms with van der Waals surface area (Å²) in [5.41, 5.74) is 2.90. The fraction of sp³-hybridized carbons (Fsp3) is 0.357. The third-order valence-electron chi connectivity index (χ3n) is 3.16. The highest BCUT2D eigenvalue weighted by atomic mass is 35.5. The van der Waals surface area contributed by atoms with E-state index in [0.29, 0.717) is 5.02 Å². The van der Waals surface area contributed by atoms with Crippen molar-refractivity contribution in [2.24, 2.45) is 0 Å². The van der Waals surface area contributed by atoms with Gasteiger partial charge in [0.05, 0.1) is 0 Å². The lowest BCUT2D eigenvalue weighted by atomic mass is 10.0. The van der Waals surface area contributed by atoms with Crippen molar-refractivity contribution in [3.05, 3.63) is 46.5 Å². The van der Waals surface area contributed by atoms with Crippen molar-refractivity contribution in [3.63, 3.8) is 0 Å². The quantitative estimate of drug-likeness (QED) is 0.699. The monoisotopic (exact) mass is 249 g/mol. The van der Waals surface area contributed by atoms with E-state index >= 15 is 0 Å². The van der Waals surface area contributed by atoms with Crippen LogP contribution in [0.3, 0.4) is 0 Å². The van der Waals surface area contributed by atoms with Gasteiger partial charge in [-0.3, -0.25) is 4.79 Å². The molecule has 0 saturated carbocycles. The lowest BCUT2D eigenvalue weighted by Crippen LogP contribution is -2.36. The summed E-state index contributed by atoms with van der Waals surface area (Å²) in [5, 5.41) is 0.702. The highest BCUT2D eigenvalue weighted by Crippen LogP contribution is 2.20. The summed E-state index contributed by atoms with van der Waals surface area (Å²) in [6.45, 7) is 7.42. The van der Waals surface area contributed by atoms with Crippen molar-refractivity contribution < 1.29 is 4.79 Å². The molecule has 1 amide bonds. The third-order valence-corrected chi connectivity index (χ3v) is 3.59. The molecular formula is C14H16ClNO. The van der Waals surface area contributed by atoms with Crippen LogP contribution in [0.2, 0.25) is 5.02 Å². The van der Waals surface area contributed by atoms with Crippen LogP contribution in [-0.2, 0) is 0 Å². The third kappa shape index (κ3) is 2.70. The number of piperidine rings is 1. The minimum Gasteiger partial charge on any atom is -0.338 e. The number of rotatable bonds is 1. The molecule has 0 bridgehead atoms. The number of nitrogens with zero attached hydrogens (tertiary/aromatic N) is 1. The number of amides is 1. The van der Waals surface area contributed by atoms with Crippen LogP contribution in [0, 0.1) is 6.92 Å². The van der Waals surface area contributed by atoms with Gasteiger partial charge in [-0.25, -0.2) is 0 Å². The van der Waals surface area contributed by atoms with Crippen LogP contribution in [0.1, 0.15) is 28.8 Å². The van der Waals surface area contributed by atoms with Gasteiger partial charge in [0, 0.05) is 23.7 Å². The summed E-state index contributed by atoms with van der Waals surface area (Å²) in [6.07, 6.45) is 1.83. The smallest absolute Gasteiger partial charge is 0.253 e. The Hall–Kier alpha value is -1.28. The Labute approximate surface area is 107 Å². The minimum atomic E-state index is 0.0947. The van der Waals surface area contributed by atoms with E-state index in [0.717, 1.165) is 37.1 Å². The van der Waals surface area contributed by atoms with E-state index in [-0.39, 0.29) is 5.91 Å². The molecule has 0 atom stereocenters. The molecule has 1 aliphatic heterocycles. The second kappa shape index (κ2) is 4.92. The average Bonchev–Trinajstić information content (AvgIpc) is 2.33. The largest absolute Gasteiger partial charge is 0.338 e. The number of benzene rings is 1. The molecular weight excluding hydrogens is 234 g/mol. The highest BCUT2D eigenvalue weighted by molar-refractivity contribution is 6.31. The lowest BCUT2D eigenvalue weighted by molar-refractivity contribution is 0.0743. The number of hydrogen-bond donors (Lipinski definition) is 0. The van der Waals surface area contributed by atoms with Gasteiger partial charge in [0.15, 0.2) is 0 Å². The molecule has 2 nitrogen and oxygen atoms in total. The second-order valence-corrected chi connectivity index (χ2v) is 4.91. The zero-order valence-electron chi connectivity index (χ0n) is 10.0. The number of aryl methyl sites for hydroxylation is 1. The van der Waals surface area contributed by atoms with Gasteiger partial charge in [-0.2, -0.15) is 0 Å². The van der Waals surface area contributed by atoms with Crippen molar-refractivity contribution in [1.82, 2.24) is 4.90 Å². The lowest BCUT2D eigenvalue weighted by Gasteiger charge is -2.28. The first-order valence-electron chi connectivity index (χ1n) is 5.80. The second-order valence-electron chi connectivity index (χ2n) is 4.51. The fourth-order valence-corrected chi connectivity index (χ4v) is 2.10. The molecule has 3 heteroatoms. The van der Waals surface area contributed by atoms with Crippen molar-refractivity contribution in [1.29, 1.82) is 0 Å². The van der Waals surface area contributed by atoms with Crippen LogP contribution < -0.4 is 0 Å². The van der Waals surface area contributed by atoms with Crippen LogP contribution in [0.4, 0.5) is 0 Å². The van der Waals surface area contributed by atoms with E-state index in [2.05, 4.69) is 6.58 Å². The number of carbonyl (C=O) groups is 1. The zero-order chi connectivity index (χ0) is 12.4. The maximum absolute atomic E-state index is 12.2. The Kier molecular flexibility index (Phi) is 3.53. The molecule has 17 heavy (non-hydrogen) atoms. The van der Waals surface area contributed by atoms with E-state index in [1.807, 2.05) is 17.9 Å². The van der Waals surface area contributed by atoms with E-state index in [4.69, 9.17) is 11.6 Å². The molecule has 0 spiro atoms. The van der Waals surface area contributed by atoms with Gasteiger partial charge in [0.25, 0.3) is 5.91 Å². The SMILES string of the molecule is C=C1CCN(C(=O)c2ccc(Cl)c(C)c2)CC1. The number of hydrogen-bond acceptors (Lipinski definition) is 1. The molecule has 90 valence electrons. The molecule has 0 N–H and O–H groups in total. The molecule has 0 unspecified atom stereocenters. The molecule has 0 radical (unpaired) electrons. The van der Waals surface area contributed by atoms with E-state index < -0.39 is 0 Å². The van der Waals surface area contributed by atoms with Crippen molar-refractivity contribution in [3.8, 4) is 0 Å². The summed E-state index contributed by atoms with van der Waals surface area (Å²) >= 11 is 5.95. The molecule has 1 heterocycles. The summed E-state index contributed by atoms with van der Waals surface area (Å²) in [7, 11) is 0. The molecule has 1 fully saturated rings. The number of carbonyl (C=O) groups excluding carboxylic acids is 1. The fourth-order valence-electron chi connectivity index (χ4n) is 1.99. The van der Waals surface area contributed by atoms with Crippen molar-refractivity contribution in [2.75, 3.05) is 13.1 Å². The molecule has 0 aromatic heterocycles. The van der Waals surface area contributed by atoms with Crippen LogP contribution in [0.15, 0.2) is 30.4 Å². The van der Waals surface area contributed by atoms with Crippen LogP contribution in [0.5, 0.6) is 0 Å².